The number of ether oxygens (including phenoxy) is 1. The van der Waals surface area contributed by atoms with Gasteiger partial charge in [-0.15, -0.1) is 0 Å². The summed E-state index contributed by atoms with van der Waals surface area (Å²) in [5, 5.41) is 8.79. The molecular formula is C47H70N4O8SSi. The minimum Gasteiger partial charge on any atom is -0.457 e. The highest BCUT2D eigenvalue weighted by molar-refractivity contribution is 7.92. The van der Waals surface area contributed by atoms with Crippen molar-refractivity contribution in [2.75, 3.05) is 16.6 Å². The van der Waals surface area contributed by atoms with Crippen LogP contribution in [0.3, 0.4) is 0 Å². The maximum atomic E-state index is 14.1. The molecular weight excluding hydrogens is 809 g/mol. The number of carbonyl (C=O) groups excluding carboxylic acids is 4. The van der Waals surface area contributed by atoms with Gasteiger partial charge in [0.15, 0.2) is 8.32 Å². The number of rotatable bonds is 23. The first-order chi connectivity index (χ1) is 28.6. The molecule has 4 atom stereocenters. The Morgan fingerprint density at radius 1 is 0.770 bits per heavy atom. The monoisotopic (exact) mass is 878 g/mol. The van der Waals surface area contributed by atoms with E-state index in [-0.39, 0.29) is 54.0 Å². The molecule has 0 saturated carbocycles. The summed E-state index contributed by atoms with van der Waals surface area (Å²) in [6, 6.07) is 21.6. The lowest BCUT2D eigenvalue weighted by atomic mass is 9.92. The zero-order chi connectivity index (χ0) is 45.5. The van der Waals surface area contributed by atoms with Gasteiger partial charge in [-0.1, -0.05) is 104 Å². The van der Waals surface area contributed by atoms with Gasteiger partial charge in [-0.2, -0.15) is 0 Å². The number of esters is 1. The van der Waals surface area contributed by atoms with Gasteiger partial charge in [0.2, 0.25) is 21.8 Å². The van der Waals surface area contributed by atoms with E-state index in [9.17, 15) is 27.6 Å². The van der Waals surface area contributed by atoms with Crippen LogP contribution < -0.4 is 20.3 Å². The Kier molecular flexibility index (Phi) is 19.2. The highest BCUT2D eigenvalue weighted by atomic mass is 32.2. The molecule has 3 aromatic rings. The first-order valence-electron chi connectivity index (χ1n) is 21.6. The summed E-state index contributed by atoms with van der Waals surface area (Å²) in [7, 11) is -6.02. The van der Waals surface area contributed by atoms with Crippen LogP contribution in [0.5, 0.6) is 0 Å². The van der Waals surface area contributed by atoms with Gasteiger partial charge in [-0.25, -0.2) is 13.2 Å². The highest BCUT2D eigenvalue weighted by Crippen LogP contribution is 2.39. The van der Waals surface area contributed by atoms with Crippen molar-refractivity contribution in [1.82, 2.24) is 16.0 Å². The molecule has 0 aliphatic heterocycles. The Bertz CT molecular complexity index is 2000. The first kappa shape index (κ1) is 50.8. The molecule has 0 radical (unpaired) electrons. The maximum Gasteiger partial charge on any atom is 0.338 e. The molecule has 3 N–H and O–H groups in total. The van der Waals surface area contributed by atoms with Crippen LogP contribution >= 0.6 is 0 Å². The summed E-state index contributed by atoms with van der Waals surface area (Å²) in [6.45, 7) is 22.6. The van der Waals surface area contributed by atoms with Crippen molar-refractivity contribution < 1.29 is 36.8 Å². The standard InChI is InChI=1S/C47H70N4O8SSi/c1-12-26-51(60(56,57)27-13-2)40-21-17-20-39(30-40)45(54)50-41(28-33(3)4)42(59-61(10,11)47(7,8)9)29-34(5)43(52)49-35(6)44(53)48-31-36-22-24-38(25-23-36)46(55)58-32-37-18-15-14-16-19-37/h14-25,30,33-35,41-42H,12-13,26-29,31-32H2,1-11H3,(H,48,53)(H,49,52)(H,50,54)/t34-,35+,41+,42+/m1/s1. The van der Waals surface area contributed by atoms with Crippen LogP contribution in [0.1, 0.15) is 120 Å². The van der Waals surface area contributed by atoms with E-state index in [1.54, 1.807) is 62.4 Å². The number of hydrogen-bond donors (Lipinski definition) is 3. The molecule has 3 aromatic carbocycles. The molecule has 0 aliphatic rings. The smallest absolute Gasteiger partial charge is 0.338 e. The number of hydrogen-bond acceptors (Lipinski definition) is 8. The molecule has 0 aliphatic carbocycles. The molecule has 14 heteroatoms. The number of carbonyl (C=O) groups is 4. The normalized spacial score (nSPS) is 14.0. The number of anilines is 1. The third-order valence-corrected chi connectivity index (χ3v) is 17.5. The van der Waals surface area contributed by atoms with E-state index in [1.165, 1.54) is 4.31 Å². The van der Waals surface area contributed by atoms with E-state index >= 15 is 0 Å². The Morgan fingerprint density at radius 2 is 1.43 bits per heavy atom. The average molecular weight is 879 g/mol. The predicted molar refractivity (Wildman–Crippen MR) is 246 cm³/mol. The van der Waals surface area contributed by atoms with Gasteiger partial charge in [0.25, 0.3) is 5.91 Å². The van der Waals surface area contributed by atoms with Crippen molar-refractivity contribution in [3.8, 4) is 0 Å². The second kappa shape index (κ2) is 23.1. The van der Waals surface area contributed by atoms with Gasteiger partial charge in [0.1, 0.15) is 12.6 Å². The van der Waals surface area contributed by atoms with Gasteiger partial charge < -0.3 is 25.1 Å². The minimum atomic E-state index is -3.57. The highest BCUT2D eigenvalue weighted by Gasteiger charge is 2.42. The van der Waals surface area contributed by atoms with Crippen LogP contribution in [0.2, 0.25) is 18.1 Å². The topological polar surface area (TPSA) is 160 Å². The molecule has 0 spiro atoms. The van der Waals surface area contributed by atoms with Crippen LogP contribution in [-0.4, -0.2) is 70.9 Å². The number of nitrogens with zero attached hydrogens (tertiary/aromatic N) is 1. The molecule has 0 saturated heterocycles. The second-order valence-electron chi connectivity index (χ2n) is 17.9. The van der Waals surface area contributed by atoms with Crippen LogP contribution in [-0.2, 0) is 41.9 Å². The van der Waals surface area contributed by atoms with E-state index < -0.39 is 48.4 Å². The minimum absolute atomic E-state index is 0.00694. The average Bonchev–Trinajstić information content (AvgIpc) is 3.20. The molecule has 0 bridgehead atoms. The van der Waals surface area contributed by atoms with Crippen LogP contribution in [0, 0.1) is 11.8 Å². The summed E-state index contributed by atoms with van der Waals surface area (Å²) in [5.41, 5.74) is 2.83. The fourth-order valence-electron chi connectivity index (χ4n) is 6.50. The van der Waals surface area contributed by atoms with Gasteiger partial charge in [-0.05, 0) is 98.1 Å². The Hall–Kier alpha value is -4.53. The van der Waals surface area contributed by atoms with Gasteiger partial charge in [0.05, 0.1) is 29.1 Å². The van der Waals surface area contributed by atoms with Crippen molar-refractivity contribution in [3.05, 3.63) is 101 Å². The fourth-order valence-corrected chi connectivity index (χ4v) is 9.50. The van der Waals surface area contributed by atoms with Gasteiger partial charge in [-0.3, -0.25) is 18.7 Å². The predicted octanol–water partition coefficient (Wildman–Crippen LogP) is 8.38. The lowest BCUT2D eigenvalue weighted by Crippen LogP contribution is -2.53. The molecule has 0 fully saturated rings. The number of amides is 3. The maximum absolute atomic E-state index is 14.1. The molecule has 0 aromatic heterocycles. The summed E-state index contributed by atoms with van der Waals surface area (Å²) in [6.07, 6.45) is 1.40. The van der Waals surface area contributed by atoms with Gasteiger partial charge >= 0.3 is 5.97 Å². The summed E-state index contributed by atoms with van der Waals surface area (Å²) in [5.74, 6) is -1.90. The van der Waals surface area contributed by atoms with Crippen molar-refractivity contribution >= 4 is 47.7 Å². The largest absolute Gasteiger partial charge is 0.457 e. The first-order valence-corrected chi connectivity index (χ1v) is 26.1. The van der Waals surface area contributed by atoms with Crippen LogP contribution in [0.4, 0.5) is 5.69 Å². The van der Waals surface area contributed by atoms with E-state index in [1.807, 2.05) is 44.2 Å². The molecule has 0 unspecified atom stereocenters. The van der Waals surface area contributed by atoms with E-state index in [2.05, 4.69) is 63.7 Å². The lowest BCUT2D eigenvalue weighted by molar-refractivity contribution is -0.131. The molecule has 61 heavy (non-hydrogen) atoms. The SMILES string of the molecule is CCCN(c1cccc(C(=O)N[C@@H](CC(C)C)[C@H](C[C@@H](C)C(=O)N[C@@H](C)C(=O)NCc2ccc(C(=O)OCc3ccccc3)cc2)O[Si](C)(C)C(C)(C)C)c1)S(=O)(=O)CCC. The number of benzene rings is 3. The van der Waals surface area contributed by atoms with Crippen LogP contribution in [0.15, 0.2) is 78.9 Å². The second-order valence-corrected chi connectivity index (χ2v) is 24.7. The molecule has 3 rings (SSSR count). The quantitative estimate of drug-likeness (QED) is 0.0633. The van der Waals surface area contributed by atoms with Crippen molar-refractivity contribution in [2.24, 2.45) is 11.8 Å². The summed E-state index contributed by atoms with van der Waals surface area (Å²) < 4.78 is 40.2. The molecule has 3 amide bonds. The molecule has 336 valence electrons. The Morgan fingerprint density at radius 3 is 2.02 bits per heavy atom. The van der Waals surface area contributed by atoms with Crippen LogP contribution in [0.25, 0.3) is 0 Å². The van der Waals surface area contributed by atoms with Crippen molar-refractivity contribution in [2.45, 2.75) is 137 Å². The zero-order valence-corrected chi connectivity index (χ0v) is 40.0. The fraction of sp³-hybridized carbons (Fsp3) is 0.532. The molecule has 12 nitrogen and oxygen atoms in total. The Labute approximate surface area is 366 Å². The van der Waals surface area contributed by atoms with Gasteiger partial charge in [0, 0.05) is 24.6 Å². The van der Waals surface area contributed by atoms with E-state index in [0.717, 1.165) is 11.1 Å². The number of sulfonamides is 1. The molecule has 0 heterocycles. The van der Waals surface area contributed by atoms with Crippen molar-refractivity contribution in [1.29, 1.82) is 0 Å². The van der Waals surface area contributed by atoms with E-state index in [4.69, 9.17) is 9.16 Å². The Balaban J connectivity index is 1.73. The number of nitrogens with one attached hydrogen (secondary N) is 3. The van der Waals surface area contributed by atoms with Crippen molar-refractivity contribution in [3.63, 3.8) is 0 Å². The van der Waals surface area contributed by atoms with E-state index in [0.29, 0.717) is 42.6 Å². The summed E-state index contributed by atoms with van der Waals surface area (Å²) in [4.78, 5) is 53.5. The lowest BCUT2D eigenvalue weighted by Gasteiger charge is -2.42. The third-order valence-electron chi connectivity index (χ3n) is 11.0. The zero-order valence-electron chi connectivity index (χ0n) is 38.2. The summed E-state index contributed by atoms with van der Waals surface area (Å²) >= 11 is 0. The third kappa shape index (κ3) is 15.7.